The number of halogens is 6. The van der Waals surface area contributed by atoms with Crippen molar-refractivity contribution in [1.82, 2.24) is 10.2 Å². The van der Waals surface area contributed by atoms with Crippen molar-refractivity contribution in [2.45, 2.75) is 25.1 Å². The van der Waals surface area contributed by atoms with Crippen molar-refractivity contribution >= 4 is 36.4 Å². The number of hydrogen-bond donors (Lipinski definition) is 1. The van der Waals surface area contributed by atoms with E-state index in [0.29, 0.717) is 23.9 Å². The highest BCUT2D eigenvalue weighted by molar-refractivity contribution is 6.30. The Balaban J connectivity index is 0.00000264. The first-order valence-corrected chi connectivity index (χ1v) is 7.63. The summed E-state index contributed by atoms with van der Waals surface area (Å²) in [6.07, 6.45) is -4.99. The second-order valence-electron chi connectivity index (χ2n) is 5.34. The summed E-state index contributed by atoms with van der Waals surface area (Å²) >= 11 is 6.04. The SMILES string of the molecule is COc1ccc(Cl)cc1[C@@H](CCC(F)(F)F)N1CCNCC1.Cl.Cl. The molecule has 1 aliphatic rings. The van der Waals surface area contributed by atoms with Crippen LogP contribution in [0.2, 0.25) is 5.02 Å². The molecule has 0 spiro atoms. The molecule has 0 aromatic heterocycles. The summed E-state index contributed by atoms with van der Waals surface area (Å²) in [5, 5.41) is 3.71. The van der Waals surface area contributed by atoms with Crippen LogP contribution < -0.4 is 10.1 Å². The highest BCUT2D eigenvalue weighted by Crippen LogP contribution is 2.37. The van der Waals surface area contributed by atoms with Crippen LogP contribution in [0.3, 0.4) is 0 Å². The Morgan fingerprint density at radius 1 is 1.25 bits per heavy atom. The third-order valence-electron chi connectivity index (χ3n) is 3.84. The highest BCUT2D eigenvalue weighted by atomic mass is 35.5. The number of piperazine rings is 1. The van der Waals surface area contributed by atoms with Crippen LogP contribution in [0.15, 0.2) is 18.2 Å². The summed E-state index contributed by atoms with van der Waals surface area (Å²) in [7, 11) is 1.52. The number of rotatable bonds is 5. The molecule has 1 N–H and O–H groups in total. The van der Waals surface area contributed by atoms with E-state index in [0.717, 1.165) is 18.7 Å². The largest absolute Gasteiger partial charge is 0.496 e. The van der Waals surface area contributed by atoms with E-state index in [1.165, 1.54) is 7.11 Å². The molecular formula is C15H22Cl3F3N2O. The second-order valence-corrected chi connectivity index (χ2v) is 5.78. The van der Waals surface area contributed by atoms with Gasteiger partial charge in [-0.3, -0.25) is 4.90 Å². The van der Waals surface area contributed by atoms with E-state index in [1.807, 2.05) is 0 Å². The van der Waals surface area contributed by atoms with Gasteiger partial charge in [0.1, 0.15) is 5.75 Å². The lowest BCUT2D eigenvalue weighted by atomic mass is 9.98. The number of hydrogen-bond acceptors (Lipinski definition) is 3. The van der Waals surface area contributed by atoms with Crippen LogP contribution in [0.1, 0.15) is 24.4 Å². The van der Waals surface area contributed by atoms with Crippen LogP contribution in [-0.4, -0.2) is 44.4 Å². The smallest absolute Gasteiger partial charge is 0.389 e. The summed E-state index contributed by atoms with van der Waals surface area (Å²) in [6, 6.07) is 4.75. The van der Waals surface area contributed by atoms with E-state index >= 15 is 0 Å². The number of methoxy groups -OCH3 is 1. The fourth-order valence-electron chi connectivity index (χ4n) is 2.79. The van der Waals surface area contributed by atoms with Crippen LogP contribution in [0.25, 0.3) is 0 Å². The van der Waals surface area contributed by atoms with Gasteiger partial charge < -0.3 is 10.1 Å². The highest BCUT2D eigenvalue weighted by Gasteiger charge is 2.32. The van der Waals surface area contributed by atoms with Crippen molar-refractivity contribution in [2.24, 2.45) is 0 Å². The Morgan fingerprint density at radius 2 is 1.88 bits per heavy atom. The van der Waals surface area contributed by atoms with Gasteiger partial charge >= 0.3 is 6.18 Å². The minimum absolute atomic E-state index is 0. The van der Waals surface area contributed by atoms with Gasteiger partial charge in [-0.2, -0.15) is 13.2 Å². The van der Waals surface area contributed by atoms with Crippen molar-refractivity contribution in [2.75, 3.05) is 33.3 Å². The molecule has 1 saturated heterocycles. The third-order valence-corrected chi connectivity index (χ3v) is 4.08. The monoisotopic (exact) mass is 408 g/mol. The number of nitrogens with one attached hydrogen (secondary N) is 1. The van der Waals surface area contributed by atoms with Gasteiger partial charge in [0.2, 0.25) is 0 Å². The molecule has 0 radical (unpaired) electrons. The Labute approximate surface area is 157 Å². The molecule has 9 heteroatoms. The molecule has 1 fully saturated rings. The maximum absolute atomic E-state index is 12.7. The van der Waals surface area contributed by atoms with Gasteiger partial charge in [-0.05, 0) is 24.6 Å². The maximum Gasteiger partial charge on any atom is 0.389 e. The number of benzene rings is 1. The van der Waals surface area contributed by atoms with Crippen LogP contribution in [0.5, 0.6) is 5.75 Å². The zero-order chi connectivity index (χ0) is 16.2. The van der Waals surface area contributed by atoms with E-state index in [9.17, 15) is 13.2 Å². The van der Waals surface area contributed by atoms with Crippen LogP contribution in [0.4, 0.5) is 13.2 Å². The average molecular weight is 410 g/mol. The molecule has 1 aliphatic heterocycles. The lowest BCUT2D eigenvalue weighted by Gasteiger charge is -2.36. The molecule has 0 amide bonds. The van der Waals surface area contributed by atoms with Crippen molar-refractivity contribution in [3.63, 3.8) is 0 Å². The van der Waals surface area contributed by atoms with Crippen LogP contribution in [0, 0.1) is 0 Å². The summed E-state index contributed by atoms with van der Waals surface area (Å²) in [6.45, 7) is 2.95. The zero-order valence-electron chi connectivity index (χ0n) is 13.2. The molecule has 1 aromatic rings. The predicted molar refractivity (Wildman–Crippen MR) is 95.0 cm³/mol. The van der Waals surface area contributed by atoms with Crippen molar-refractivity contribution in [3.05, 3.63) is 28.8 Å². The summed E-state index contributed by atoms with van der Waals surface area (Å²) in [5.74, 6) is 0.579. The number of nitrogens with zero attached hydrogens (tertiary/aromatic N) is 1. The molecule has 3 nitrogen and oxygen atoms in total. The van der Waals surface area contributed by atoms with Gasteiger partial charge in [-0.25, -0.2) is 0 Å². The molecule has 140 valence electrons. The summed E-state index contributed by atoms with van der Waals surface area (Å²) in [4.78, 5) is 2.07. The van der Waals surface area contributed by atoms with E-state index in [-0.39, 0.29) is 37.3 Å². The molecule has 1 atom stereocenters. The van der Waals surface area contributed by atoms with E-state index < -0.39 is 12.6 Å². The molecular weight excluding hydrogens is 388 g/mol. The van der Waals surface area contributed by atoms with Gasteiger partial charge in [-0.1, -0.05) is 11.6 Å². The number of alkyl halides is 3. The quantitative estimate of drug-likeness (QED) is 0.776. The molecule has 2 rings (SSSR count). The average Bonchev–Trinajstić information content (AvgIpc) is 2.48. The molecule has 1 heterocycles. The summed E-state index contributed by atoms with van der Waals surface area (Å²) in [5.41, 5.74) is 0.723. The fourth-order valence-corrected chi connectivity index (χ4v) is 2.98. The minimum Gasteiger partial charge on any atom is -0.496 e. The Morgan fingerprint density at radius 3 is 2.42 bits per heavy atom. The molecule has 0 bridgehead atoms. The van der Waals surface area contributed by atoms with Gasteiger partial charge in [0.05, 0.1) is 7.11 Å². The van der Waals surface area contributed by atoms with Gasteiger partial charge in [-0.15, -0.1) is 24.8 Å². The topological polar surface area (TPSA) is 24.5 Å². The molecule has 0 aliphatic carbocycles. The minimum atomic E-state index is -4.17. The summed E-state index contributed by atoms with van der Waals surface area (Å²) < 4.78 is 43.3. The Kier molecular flexibility index (Phi) is 10.4. The standard InChI is InChI=1S/C15H20ClF3N2O.2ClH/c1-22-14-3-2-11(16)10-12(14)13(4-5-15(17,18)19)21-8-6-20-7-9-21;;/h2-3,10,13,20H,4-9H2,1H3;2*1H/t13-;;/m1../s1. The lowest BCUT2D eigenvalue weighted by Crippen LogP contribution is -2.45. The predicted octanol–water partition coefficient (Wildman–Crippen LogP) is 4.48. The van der Waals surface area contributed by atoms with Crippen molar-refractivity contribution < 1.29 is 17.9 Å². The Bertz CT molecular complexity index is 497. The van der Waals surface area contributed by atoms with E-state index in [1.54, 1.807) is 18.2 Å². The maximum atomic E-state index is 12.7. The Hall–Kier alpha value is -0.400. The number of ether oxygens (including phenoxy) is 1. The third kappa shape index (κ3) is 6.84. The van der Waals surface area contributed by atoms with Crippen molar-refractivity contribution in [1.29, 1.82) is 0 Å². The normalized spacial score (nSPS) is 16.7. The van der Waals surface area contributed by atoms with Crippen LogP contribution >= 0.6 is 36.4 Å². The zero-order valence-corrected chi connectivity index (χ0v) is 15.6. The first-order valence-electron chi connectivity index (χ1n) is 7.25. The molecule has 24 heavy (non-hydrogen) atoms. The van der Waals surface area contributed by atoms with Gasteiger partial charge in [0, 0.05) is 49.2 Å². The molecule has 0 unspecified atom stereocenters. The first kappa shape index (κ1) is 23.6. The lowest BCUT2D eigenvalue weighted by molar-refractivity contribution is -0.138. The van der Waals surface area contributed by atoms with E-state index in [2.05, 4.69) is 10.2 Å². The molecule has 0 saturated carbocycles. The van der Waals surface area contributed by atoms with Gasteiger partial charge in [0.25, 0.3) is 0 Å². The van der Waals surface area contributed by atoms with Crippen LogP contribution in [-0.2, 0) is 0 Å². The molecule has 1 aromatic carbocycles. The van der Waals surface area contributed by atoms with Crippen molar-refractivity contribution in [3.8, 4) is 5.75 Å². The van der Waals surface area contributed by atoms with E-state index in [4.69, 9.17) is 16.3 Å². The van der Waals surface area contributed by atoms with Gasteiger partial charge in [0.15, 0.2) is 0 Å². The fraction of sp³-hybridized carbons (Fsp3) is 0.600. The first-order chi connectivity index (χ1) is 10.4. The second kappa shape index (κ2) is 10.6.